The molecule has 0 radical (unpaired) electrons. The van der Waals surface area contributed by atoms with Gasteiger partial charge in [-0.1, -0.05) is 60.7 Å². The molecule has 2 nitrogen and oxygen atoms in total. The highest BCUT2D eigenvalue weighted by atomic mass is 14.7. The van der Waals surface area contributed by atoms with Crippen LogP contribution in [0.4, 0.5) is 0 Å². The van der Waals surface area contributed by atoms with Crippen LogP contribution in [-0.2, 0) is 0 Å². The molecule has 6 rings (SSSR count). The fourth-order valence-electron chi connectivity index (χ4n) is 4.29. The molecule has 0 bridgehead atoms. The highest BCUT2D eigenvalue weighted by molar-refractivity contribution is 6.17. The number of hydrogen-bond acceptors (Lipinski definition) is 2. The smallest absolute Gasteiger partial charge is 0.0786 e. The van der Waals surface area contributed by atoms with Gasteiger partial charge in [-0.3, -0.25) is 9.97 Å². The predicted molar refractivity (Wildman–Crippen MR) is 104 cm³/mol. The fraction of sp³-hybridized carbons (Fsp3) is 0. The van der Waals surface area contributed by atoms with E-state index in [9.17, 15) is 0 Å². The lowest BCUT2D eigenvalue weighted by atomic mass is 9.92. The molecule has 2 heterocycles. The molecule has 0 atom stereocenters. The second kappa shape index (κ2) is 4.99. The Labute approximate surface area is 151 Å². The maximum Gasteiger partial charge on any atom is 0.0786 e. The summed E-state index contributed by atoms with van der Waals surface area (Å²) in [6, 6.07) is 25.5. The summed E-state index contributed by atoms with van der Waals surface area (Å²) in [6.45, 7) is 0. The molecule has 0 fully saturated rings. The topological polar surface area (TPSA) is 25.8 Å². The lowest BCUT2D eigenvalue weighted by molar-refractivity contribution is 1.33. The summed E-state index contributed by atoms with van der Waals surface area (Å²) in [6.07, 6.45) is 3.75. The van der Waals surface area contributed by atoms with Crippen molar-refractivity contribution in [1.82, 2.24) is 9.97 Å². The van der Waals surface area contributed by atoms with Crippen molar-refractivity contribution in [3.63, 3.8) is 0 Å². The van der Waals surface area contributed by atoms with Crippen LogP contribution in [0, 0.1) is 0 Å². The first-order chi connectivity index (χ1) is 12.9. The molecule has 2 aliphatic carbocycles. The summed E-state index contributed by atoms with van der Waals surface area (Å²) >= 11 is 0. The zero-order chi connectivity index (χ0) is 17.1. The molecule has 2 heteroatoms. The summed E-state index contributed by atoms with van der Waals surface area (Å²) in [5.41, 5.74) is 12.0. The van der Waals surface area contributed by atoms with Crippen molar-refractivity contribution in [2.24, 2.45) is 0 Å². The van der Waals surface area contributed by atoms with Crippen molar-refractivity contribution >= 4 is 11.1 Å². The Morgan fingerprint density at radius 2 is 0.769 bits per heavy atom. The first-order valence-corrected chi connectivity index (χ1v) is 8.78. The van der Waals surface area contributed by atoms with Crippen LogP contribution in [0.25, 0.3) is 33.7 Å². The molecule has 0 amide bonds. The molecule has 4 aromatic rings. The third-order valence-electron chi connectivity index (χ3n) is 5.31. The number of benzene rings is 2. The summed E-state index contributed by atoms with van der Waals surface area (Å²) in [5.74, 6) is 0. The monoisotopic (exact) mass is 330 g/mol. The van der Waals surface area contributed by atoms with Crippen molar-refractivity contribution in [3.8, 4) is 22.5 Å². The van der Waals surface area contributed by atoms with Gasteiger partial charge in [0.25, 0.3) is 0 Å². The molecule has 2 aliphatic rings. The van der Waals surface area contributed by atoms with E-state index in [2.05, 4.69) is 70.6 Å². The van der Waals surface area contributed by atoms with Gasteiger partial charge in [0.2, 0.25) is 0 Å². The predicted octanol–water partition coefficient (Wildman–Crippen LogP) is 5.44. The summed E-state index contributed by atoms with van der Waals surface area (Å²) in [7, 11) is 0. The zero-order valence-corrected chi connectivity index (χ0v) is 14.0. The van der Waals surface area contributed by atoms with E-state index in [1.54, 1.807) is 0 Å². The van der Waals surface area contributed by atoms with Gasteiger partial charge in [0, 0.05) is 45.8 Å². The molecule has 2 aromatic heterocycles. The Bertz CT molecular complexity index is 1040. The van der Waals surface area contributed by atoms with Gasteiger partial charge in [-0.15, -0.1) is 0 Å². The lowest BCUT2D eigenvalue weighted by Crippen LogP contribution is -1.91. The molecule has 0 N–H and O–H groups in total. The van der Waals surface area contributed by atoms with Gasteiger partial charge in [0.1, 0.15) is 0 Å². The van der Waals surface area contributed by atoms with Crippen LogP contribution in [0.5, 0.6) is 0 Å². The minimum absolute atomic E-state index is 1.07. The highest BCUT2D eigenvalue weighted by Gasteiger charge is 2.32. The maximum atomic E-state index is 4.68. The first kappa shape index (κ1) is 13.7. The van der Waals surface area contributed by atoms with E-state index in [0.717, 1.165) is 11.4 Å². The quantitative estimate of drug-likeness (QED) is 0.370. The van der Waals surface area contributed by atoms with E-state index in [1.165, 1.54) is 44.5 Å². The minimum Gasteiger partial charge on any atom is -0.256 e. The van der Waals surface area contributed by atoms with Gasteiger partial charge >= 0.3 is 0 Å². The third-order valence-corrected chi connectivity index (χ3v) is 5.31. The van der Waals surface area contributed by atoms with Crippen LogP contribution in [0.2, 0.25) is 0 Å². The van der Waals surface area contributed by atoms with Crippen LogP contribution in [0.1, 0.15) is 22.3 Å². The van der Waals surface area contributed by atoms with Crippen LogP contribution in [-0.4, -0.2) is 9.97 Å². The Hall–Kier alpha value is -3.52. The van der Waals surface area contributed by atoms with Gasteiger partial charge in [-0.2, -0.15) is 0 Å². The molecular weight excluding hydrogens is 316 g/mol. The van der Waals surface area contributed by atoms with Gasteiger partial charge < -0.3 is 0 Å². The first-order valence-electron chi connectivity index (χ1n) is 8.78. The largest absolute Gasteiger partial charge is 0.256 e. The summed E-state index contributed by atoms with van der Waals surface area (Å²) in [5, 5.41) is 0. The maximum absolute atomic E-state index is 4.68. The van der Waals surface area contributed by atoms with Gasteiger partial charge in [-0.05, 0) is 23.3 Å². The Morgan fingerprint density at radius 1 is 0.385 bits per heavy atom. The van der Waals surface area contributed by atoms with Crippen molar-refractivity contribution in [1.29, 1.82) is 0 Å². The van der Waals surface area contributed by atoms with E-state index < -0.39 is 0 Å². The standard InChI is InChI=1S/C24H14N2/c1-3-9-17-15(7-1)21(19-11-5-13-25-23(17)19)22-16-8-2-4-10-18(16)24-20(22)12-6-14-26-24/h1-14H. The summed E-state index contributed by atoms with van der Waals surface area (Å²) in [4.78, 5) is 9.37. The molecule has 0 saturated carbocycles. The zero-order valence-electron chi connectivity index (χ0n) is 14.0. The molecular formula is C24H14N2. The van der Waals surface area contributed by atoms with Gasteiger partial charge in [-0.25, -0.2) is 0 Å². The highest BCUT2D eigenvalue weighted by Crippen LogP contribution is 2.52. The Morgan fingerprint density at radius 3 is 1.23 bits per heavy atom. The molecule has 2 aromatic carbocycles. The van der Waals surface area contributed by atoms with E-state index in [0.29, 0.717) is 0 Å². The third kappa shape index (κ3) is 1.66. The second-order valence-corrected chi connectivity index (χ2v) is 6.64. The van der Waals surface area contributed by atoms with E-state index in [1.807, 2.05) is 24.5 Å². The second-order valence-electron chi connectivity index (χ2n) is 6.64. The fourth-order valence-corrected chi connectivity index (χ4v) is 4.29. The van der Waals surface area contributed by atoms with Crippen molar-refractivity contribution < 1.29 is 0 Å². The minimum atomic E-state index is 1.07. The molecule has 0 aliphatic heterocycles. The van der Waals surface area contributed by atoms with E-state index in [-0.39, 0.29) is 0 Å². The van der Waals surface area contributed by atoms with E-state index >= 15 is 0 Å². The number of rotatable bonds is 0. The Kier molecular flexibility index (Phi) is 2.64. The van der Waals surface area contributed by atoms with E-state index in [4.69, 9.17) is 0 Å². The lowest BCUT2D eigenvalue weighted by Gasteiger charge is -2.10. The normalized spacial score (nSPS) is 16.0. The number of hydrogen-bond donors (Lipinski definition) is 0. The Balaban J connectivity index is 1.82. The van der Waals surface area contributed by atoms with Gasteiger partial charge in [0.15, 0.2) is 0 Å². The average Bonchev–Trinajstić information content (AvgIpc) is 3.21. The summed E-state index contributed by atoms with van der Waals surface area (Å²) < 4.78 is 0. The van der Waals surface area contributed by atoms with Crippen LogP contribution in [0.15, 0.2) is 85.2 Å². The molecule has 26 heavy (non-hydrogen) atoms. The SMILES string of the molecule is c1ccc2c(c1)C(=C1c3ccccc3-c3ncccc31)c1cccnc1-2. The molecule has 0 saturated heterocycles. The van der Waals surface area contributed by atoms with Crippen molar-refractivity contribution in [3.05, 3.63) is 107 Å². The van der Waals surface area contributed by atoms with Crippen LogP contribution >= 0.6 is 0 Å². The number of fused-ring (bicyclic) bond motifs is 6. The number of pyridine rings is 2. The molecule has 0 spiro atoms. The van der Waals surface area contributed by atoms with Crippen LogP contribution < -0.4 is 0 Å². The number of aromatic nitrogens is 2. The average molecular weight is 330 g/mol. The van der Waals surface area contributed by atoms with Crippen molar-refractivity contribution in [2.75, 3.05) is 0 Å². The van der Waals surface area contributed by atoms with Crippen LogP contribution in [0.3, 0.4) is 0 Å². The molecule has 0 unspecified atom stereocenters. The van der Waals surface area contributed by atoms with Gasteiger partial charge in [0.05, 0.1) is 11.4 Å². The molecule has 120 valence electrons. The number of nitrogens with zero attached hydrogens (tertiary/aromatic N) is 2. The van der Waals surface area contributed by atoms with Crippen molar-refractivity contribution in [2.45, 2.75) is 0 Å².